The van der Waals surface area contributed by atoms with Crippen molar-refractivity contribution in [2.75, 3.05) is 20.1 Å². The molecule has 1 atom stereocenters. The monoisotopic (exact) mass is 253 g/mol. The van der Waals surface area contributed by atoms with Crippen LogP contribution in [-0.2, 0) is 11.3 Å². The van der Waals surface area contributed by atoms with Gasteiger partial charge in [0.1, 0.15) is 0 Å². The number of aryl methyl sites for hydroxylation is 1. The summed E-state index contributed by atoms with van der Waals surface area (Å²) in [5.74, 6) is 0.409. The van der Waals surface area contributed by atoms with Gasteiger partial charge in [-0.05, 0) is 26.3 Å². The van der Waals surface area contributed by atoms with Crippen LogP contribution < -0.4 is 5.32 Å². The highest BCUT2D eigenvalue weighted by molar-refractivity contribution is 7.09. The van der Waals surface area contributed by atoms with Crippen molar-refractivity contribution in [3.8, 4) is 0 Å². The van der Waals surface area contributed by atoms with Gasteiger partial charge in [0.2, 0.25) is 5.91 Å². The Morgan fingerprint density at radius 2 is 2.53 bits per heavy atom. The van der Waals surface area contributed by atoms with E-state index in [2.05, 4.69) is 10.3 Å². The summed E-state index contributed by atoms with van der Waals surface area (Å²) in [6.07, 6.45) is 2.11. The highest BCUT2D eigenvalue weighted by Gasteiger charge is 2.24. The van der Waals surface area contributed by atoms with Gasteiger partial charge in [-0.15, -0.1) is 11.3 Å². The SMILES string of the molecule is Cc1ncsc1CN(C)C(=O)C1CCCNC1. The molecule has 5 heteroatoms. The number of nitrogens with zero attached hydrogens (tertiary/aromatic N) is 2. The lowest BCUT2D eigenvalue weighted by Crippen LogP contribution is -2.41. The smallest absolute Gasteiger partial charge is 0.227 e. The van der Waals surface area contributed by atoms with E-state index in [1.165, 1.54) is 4.88 Å². The highest BCUT2D eigenvalue weighted by Crippen LogP contribution is 2.18. The van der Waals surface area contributed by atoms with Crippen molar-refractivity contribution in [2.24, 2.45) is 5.92 Å². The third-order valence-corrected chi connectivity index (χ3v) is 4.17. The van der Waals surface area contributed by atoms with Gasteiger partial charge < -0.3 is 10.2 Å². The van der Waals surface area contributed by atoms with Crippen molar-refractivity contribution in [1.29, 1.82) is 0 Å². The number of rotatable bonds is 3. The lowest BCUT2D eigenvalue weighted by Gasteiger charge is -2.26. The molecule has 0 spiro atoms. The van der Waals surface area contributed by atoms with Crippen LogP contribution in [-0.4, -0.2) is 35.9 Å². The van der Waals surface area contributed by atoms with Crippen molar-refractivity contribution >= 4 is 17.2 Å². The molecule has 1 aromatic rings. The predicted molar refractivity (Wildman–Crippen MR) is 68.9 cm³/mol. The van der Waals surface area contributed by atoms with E-state index >= 15 is 0 Å². The van der Waals surface area contributed by atoms with Crippen molar-refractivity contribution in [3.63, 3.8) is 0 Å². The van der Waals surface area contributed by atoms with Crippen LogP contribution in [0.15, 0.2) is 5.51 Å². The van der Waals surface area contributed by atoms with E-state index in [1.54, 1.807) is 11.3 Å². The summed E-state index contributed by atoms with van der Waals surface area (Å²) in [5.41, 5.74) is 2.88. The molecule has 94 valence electrons. The maximum absolute atomic E-state index is 12.2. The molecule has 0 aromatic carbocycles. The molecule has 1 amide bonds. The number of amides is 1. The molecule has 17 heavy (non-hydrogen) atoms. The number of nitrogens with one attached hydrogen (secondary N) is 1. The molecule has 0 aliphatic carbocycles. The van der Waals surface area contributed by atoms with Gasteiger partial charge in [-0.2, -0.15) is 0 Å². The molecule has 0 radical (unpaired) electrons. The summed E-state index contributed by atoms with van der Waals surface area (Å²) in [5, 5.41) is 3.28. The number of carbonyl (C=O) groups is 1. The van der Waals surface area contributed by atoms with Crippen molar-refractivity contribution in [2.45, 2.75) is 26.3 Å². The minimum atomic E-state index is 0.155. The topological polar surface area (TPSA) is 45.2 Å². The molecule has 2 heterocycles. The Bertz CT molecular complexity index is 385. The van der Waals surface area contributed by atoms with Gasteiger partial charge in [0.05, 0.1) is 23.7 Å². The summed E-state index contributed by atoms with van der Waals surface area (Å²) in [6.45, 7) is 4.55. The summed E-state index contributed by atoms with van der Waals surface area (Å²) in [4.78, 5) is 19.4. The molecule has 1 fully saturated rings. The zero-order valence-electron chi connectivity index (χ0n) is 10.4. The first kappa shape index (κ1) is 12.5. The fourth-order valence-electron chi connectivity index (χ4n) is 2.15. The molecular weight excluding hydrogens is 234 g/mol. The maximum atomic E-state index is 12.2. The first-order valence-electron chi connectivity index (χ1n) is 6.03. The Kier molecular flexibility index (Phi) is 4.12. The van der Waals surface area contributed by atoms with E-state index in [9.17, 15) is 4.79 Å². The van der Waals surface area contributed by atoms with Gasteiger partial charge in [0, 0.05) is 18.5 Å². The van der Waals surface area contributed by atoms with E-state index in [4.69, 9.17) is 0 Å². The van der Waals surface area contributed by atoms with Gasteiger partial charge in [0.15, 0.2) is 0 Å². The van der Waals surface area contributed by atoms with Crippen LogP contribution in [0.4, 0.5) is 0 Å². The van der Waals surface area contributed by atoms with Crippen LogP contribution in [0, 0.1) is 12.8 Å². The molecule has 1 N–H and O–H groups in total. The van der Waals surface area contributed by atoms with Crippen LogP contribution in [0.25, 0.3) is 0 Å². The molecule has 1 aliphatic heterocycles. The normalized spacial score (nSPS) is 20.2. The first-order chi connectivity index (χ1) is 8.18. The second-order valence-corrected chi connectivity index (χ2v) is 5.54. The third-order valence-electron chi connectivity index (χ3n) is 3.25. The summed E-state index contributed by atoms with van der Waals surface area (Å²) in [6, 6.07) is 0. The number of hydrogen-bond acceptors (Lipinski definition) is 4. The van der Waals surface area contributed by atoms with Gasteiger partial charge >= 0.3 is 0 Å². The minimum Gasteiger partial charge on any atom is -0.340 e. The van der Waals surface area contributed by atoms with Crippen LogP contribution in [0.2, 0.25) is 0 Å². The molecule has 2 rings (SSSR count). The average molecular weight is 253 g/mol. The van der Waals surface area contributed by atoms with E-state index in [0.29, 0.717) is 6.54 Å². The highest BCUT2D eigenvalue weighted by atomic mass is 32.1. The van der Waals surface area contributed by atoms with Gasteiger partial charge in [-0.1, -0.05) is 0 Å². The number of piperidine rings is 1. The molecule has 1 unspecified atom stereocenters. The molecule has 1 aliphatic rings. The summed E-state index contributed by atoms with van der Waals surface area (Å²) >= 11 is 1.62. The fraction of sp³-hybridized carbons (Fsp3) is 0.667. The average Bonchev–Trinajstić information content (AvgIpc) is 2.75. The van der Waals surface area contributed by atoms with Crippen molar-refractivity contribution in [1.82, 2.24) is 15.2 Å². The maximum Gasteiger partial charge on any atom is 0.227 e. The quantitative estimate of drug-likeness (QED) is 0.886. The zero-order chi connectivity index (χ0) is 12.3. The van der Waals surface area contributed by atoms with Crippen LogP contribution in [0.1, 0.15) is 23.4 Å². The lowest BCUT2D eigenvalue weighted by atomic mass is 9.98. The molecule has 0 bridgehead atoms. The molecule has 1 aromatic heterocycles. The Balaban J connectivity index is 1.93. The first-order valence-corrected chi connectivity index (χ1v) is 6.91. The second-order valence-electron chi connectivity index (χ2n) is 4.60. The van der Waals surface area contributed by atoms with E-state index in [-0.39, 0.29) is 11.8 Å². The minimum absolute atomic E-state index is 0.155. The van der Waals surface area contributed by atoms with Crippen molar-refractivity contribution < 1.29 is 4.79 Å². The molecule has 1 saturated heterocycles. The van der Waals surface area contributed by atoms with Gasteiger partial charge in [-0.3, -0.25) is 4.79 Å². The Labute approximate surface area is 106 Å². The van der Waals surface area contributed by atoms with Crippen LogP contribution in [0.3, 0.4) is 0 Å². The number of aromatic nitrogens is 1. The van der Waals surface area contributed by atoms with Crippen molar-refractivity contribution in [3.05, 3.63) is 16.1 Å². The fourth-order valence-corrected chi connectivity index (χ4v) is 2.98. The zero-order valence-corrected chi connectivity index (χ0v) is 11.2. The largest absolute Gasteiger partial charge is 0.340 e. The van der Waals surface area contributed by atoms with Crippen LogP contribution >= 0.6 is 11.3 Å². The molecule has 4 nitrogen and oxygen atoms in total. The van der Waals surface area contributed by atoms with E-state index < -0.39 is 0 Å². The number of carbonyl (C=O) groups excluding carboxylic acids is 1. The second kappa shape index (κ2) is 5.60. The molecule has 0 saturated carbocycles. The number of thiazole rings is 1. The summed E-state index contributed by atoms with van der Waals surface area (Å²) < 4.78 is 0. The number of hydrogen-bond donors (Lipinski definition) is 1. The van der Waals surface area contributed by atoms with E-state index in [1.807, 2.05) is 24.4 Å². The predicted octanol–water partition coefficient (Wildman–Crippen LogP) is 1.41. The van der Waals surface area contributed by atoms with Gasteiger partial charge in [-0.25, -0.2) is 4.98 Å². The third kappa shape index (κ3) is 3.04. The molecular formula is C12H19N3OS. The van der Waals surface area contributed by atoms with Gasteiger partial charge in [0.25, 0.3) is 0 Å². The lowest BCUT2D eigenvalue weighted by molar-refractivity contribution is -0.135. The standard InChI is InChI=1S/C12H19N3OS/c1-9-11(17-8-14-9)7-15(2)12(16)10-4-3-5-13-6-10/h8,10,13H,3-7H2,1-2H3. The summed E-state index contributed by atoms with van der Waals surface area (Å²) in [7, 11) is 1.89. The Hall–Kier alpha value is -0.940. The Morgan fingerprint density at radius 1 is 1.71 bits per heavy atom. The Morgan fingerprint density at radius 3 is 3.12 bits per heavy atom. The van der Waals surface area contributed by atoms with Crippen LogP contribution in [0.5, 0.6) is 0 Å². The van der Waals surface area contributed by atoms with E-state index in [0.717, 1.165) is 31.6 Å².